The molecule has 0 bridgehead atoms. The summed E-state index contributed by atoms with van der Waals surface area (Å²) in [7, 11) is 0. The number of likely N-dealkylation sites (tertiary alicyclic amines) is 1. The number of hydrogen-bond donors (Lipinski definition) is 1. The molecule has 1 amide bonds. The van der Waals surface area contributed by atoms with Crippen molar-refractivity contribution in [3.05, 3.63) is 22.8 Å². The summed E-state index contributed by atoms with van der Waals surface area (Å²) in [5.74, 6) is 1.05. The van der Waals surface area contributed by atoms with Gasteiger partial charge in [0, 0.05) is 36.7 Å². The molecule has 0 spiro atoms. The van der Waals surface area contributed by atoms with Crippen molar-refractivity contribution in [2.24, 2.45) is 0 Å². The Bertz CT molecular complexity index is 374. The van der Waals surface area contributed by atoms with E-state index in [0.29, 0.717) is 13.0 Å². The number of hydrogen-bond acceptors (Lipinski definition) is 3. The number of pyridine rings is 1. The maximum atomic E-state index is 11.7. The summed E-state index contributed by atoms with van der Waals surface area (Å²) in [6.07, 6.45) is 4.57. The Hall–Kier alpha value is -1.10. The predicted molar refractivity (Wildman–Crippen MR) is 70.9 cm³/mol. The Morgan fingerprint density at radius 3 is 2.82 bits per heavy atom. The summed E-state index contributed by atoms with van der Waals surface area (Å²) in [6.45, 7) is 2.49. The molecule has 2 rings (SSSR count). The average Bonchev–Trinajstić information content (AvgIpc) is 2.85. The van der Waals surface area contributed by atoms with Crippen LogP contribution in [-0.4, -0.2) is 35.4 Å². The average molecular weight is 298 g/mol. The lowest BCUT2D eigenvalue weighted by atomic mass is 10.3. The highest BCUT2D eigenvalue weighted by Gasteiger charge is 2.16. The van der Waals surface area contributed by atoms with Crippen LogP contribution in [0.15, 0.2) is 22.8 Å². The lowest BCUT2D eigenvalue weighted by molar-refractivity contribution is -0.129. The third-order valence-electron chi connectivity index (χ3n) is 2.83. The maximum absolute atomic E-state index is 11.7. The van der Waals surface area contributed by atoms with Crippen molar-refractivity contribution in [3.8, 4) is 0 Å². The quantitative estimate of drug-likeness (QED) is 0.927. The van der Waals surface area contributed by atoms with Crippen molar-refractivity contribution in [3.63, 3.8) is 0 Å². The molecule has 2 heterocycles. The van der Waals surface area contributed by atoms with Crippen molar-refractivity contribution < 1.29 is 4.79 Å². The molecule has 92 valence electrons. The van der Waals surface area contributed by atoms with Crippen molar-refractivity contribution in [2.45, 2.75) is 19.3 Å². The zero-order valence-corrected chi connectivity index (χ0v) is 11.2. The summed E-state index contributed by atoms with van der Waals surface area (Å²) < 4.78 is 0.955. The van der Waals surface area contributed by atoms with Crippen LogP contribution in [0.2, 0.25) is 0 Å². The summed E-state index contributed by atoms with van der Waals surface area (Å²) in [5, 5.41) is 3.15. The molecule has 1 aliphatic rings. The van der Waals surface area contributed by atoms with Gasteiger partial charge in [-0.25, -0.2) is 4.98 Å². The molecule has 0 unspecified atom stereocenters. The van der Waals surface area contributed by atoms with Gasteiger partial charge < -0.3 is 10.2 Å². The highest BCUT2D eigenvalue weighted by Crippen LogP contribution is 2.11. The Balaban J connectivity index is 1.72. The predicted octanol–water partition coefficient (Wildman–Crippen LogP) is 2.27. The molecule has 5 heteroatoms. The minimum Gasteiger partial charge on any atom is -0.370 e. The standard InChI is InChI=1S/C12H16BrN3O/c13-10-3-4-11(15-9-10)14-6-5-12(17)16-7-1-2-8-16/h3-4,9H,1-2,5-8H2,(H,14,15). The van der Waals surface area contributed by atoms with Gasteiger partial charge in [-0.2, -0.15) is 0 Å². The zero-order chi connectivity index (χ0) is 12.1. The minimum atomic E-state index is 0.243. The summed E-state index contributed by atoms with van der Waals surface area (Å²) in [4.78, 5) is 17.9. The second kappa shape index (κ2) is 6.00. The van der Waals surface area contributed by atoms with Crippen LogP contribution >= 0.6 is 15.9 Å². The van der Waals surface area contributed by atoms with E-state index in [2.05, 4.69) is 26.2 Å². The smallest absolute Gasteiger partial charge is 0.224 e. The molecule has 1 aromatic rings. The first kappa shape index (κ1) is 12.4. The number of amides is 1. The number of nitrogens with one attached hydrogen (secondary N) is 1. The second-order valence-corrected chi connectivity index (χ2v) is 5.04. The normalized spacial score (nSPS) is 15.0. The number of carbonyl (C=O) groups is 1. The molecule has 1 saturated heterocycles. The van der Waals surface area contributed by atoms with Crippen molar-refractivity contribution in [1.29, 1.82) is 0 Å². The summed E-state index contributed by atoms with van der Waals surface area (Å²) in [5.41, 5.74) is 0. The van der Waals surface area contributed by atoms with E-state index < -0.39 is 0 Å². The van der Waals surface area contributed by atoms with E-state index in [-0.39, 0.29) is 5.91 Å². The van der Waals surface area contributed by atoms with E-state index in [0.717, 1.165) is 36.2 Å². The van der Waals surface area contributed by atoms with Gasteiger partial charge in [-0.1, -0.05) is 0 Å². The fraction of sp³-hybridized carbons (Fsp3) is 0.500. The van der Waals surface area contributed by atoms with E-state index >= 15 is 0 Å². The molecule has 0 atom stereocenters. The molecule has 0 aromatic carbocycles. The summed E-state index contributed by atoms with van der Waals surface area (Å²) >= 11 is 3.33. The molecular weight excluding hydrogens is 282 g/mol. The second-order valence-electron chi connectivity index (χ2n) is 4.13. The first-order valence-corrected chi connectivity index (χ1v) is 6.68. The number of nitrogens with zero attached hydrogens (tertiary/aromatic N) is 2. The molecule has 1 N–H and O–H groups in total. The fourth-order valence-corrected chi connectivity index (χ4v) is 2.14. The van der Waals surface area contributed by atoms with Gasteiger partial charge in [-0.15, -0.1) is 0 Å². The molecule has 1 aromatic heterocycles. The van der Waals surface area contributed by atoms with Gasteiger partial charge in [0.05, 0.1) is 0 Å². The van der Waals surface area contributed by atoms with Crippen LogP contribution < -0.4 is 5.32 Å². The monoisotopic (exact) mass is 297 g/mol. The largest absolute Gasteiger partial charge is 0.370 e. The minimum absolute atomic E-state index is 0.243. The van der Waals surface area contributed by atoms with E-state index in [4.69, 9.17) is 0 Å². The van der Waals surface area contributed by atoms with Crippen molar-refractivity contribution in [1.82, 2.24) is 9.88 Å². The van der Waals surface area contributed by atoms with Crippen LogP contribution in [0.3, 0.4) is 0 Å². The van der Waals surface area contributed by atoms with Crippen molar-refractivity contribution >= 4 is 27.7 Å². The third-order valence-corrected chi connectivity index (χ3v) is 3.30. The number of carbonyl (C=O) groups excluding carboxylic acids is 1. The Kier molecular flexibility index (Phi) is 4.36. The Labute approximate surface area is 110 Å². The molecule has 4 nitrogen and oxygen atoms in total. The molecule has 17 heavy (non-hydrogen) atoms. The number of aromatic nitrogens is 1. The first-order chi connectivity index (χ1) is 8.25. The van der Waals surface area contributed by atoms with Gasteiger partial charge in [-0.3, -0.25) is 4.79 Å². The highest BCUT2D eigenvalue weighted by atomic mass is 79.9. The number of halogens is 1. The first-order valence-electron chi connectivity index (χ1n) is 5.89. The van der Waals surface area contributed by atoms with Gasteiger partial charge in [-0.05, 0) is 40.9 Å². The molecular formula is C12H16BrN3O. The van der Waals surface area contributed by atoms with Crippen molar-refractivity contribution in [2.75, 3.05) is 25.0 Å². The zero-order valence-electron chi connectivity index (χ0n) is 9.66. The number of rotatable bonds is 4. The SMILES string of the molecule is O=C(CCNc1ccc(Br)cn1)N1CCCC1. The lowest BCUT2D eigenvalue weighted by Crippen LogP contribution is -2.29. The van der Waals surface area contributed by atoms with Crippen LogP contribution in [0.5, 0.6) is 0 Å². The molecule has 1 aliphatic heterocycles. The molecule has 1 fully saturated rings. The molecule has 0 radical (unpaired) electrons. The van der Waals surface area contributed by atoms with Gasteiger partial charge >= 0.3 is 0 Å². The van der Waals surface area contributed by atoms with Crippen LogP contribution in [0, 0.1) is 0 Å². The van der Waals surface area contributed by atoms with Gasteiger partial charge in [0.2, 0.25) is 5.91 Å². The Morgan fingerprint density at radius 1 is 1.41 bits per heavy atom. The maximum Gasteiger partial charge on any atom is 0.224 e. The van der Waals surface area contributed by atoms with Gasteiger partial charge in [0.15, 0.2) is 0 Å². The van der Waals surface area contributed by atoms with E-state index in [1.54, 1.807) is 6.20 Å². The Morgan fingerprint density at radius 2 is 2.18 bits per heavy atom. The van der Waals surface area contributed by atoms with E-state index in [9.17, 15) is 4.79 Å². The molecule has 0 saturated carbocycles. The van der Waals surface area contributed by atoms with Crippen LogP contribution in [0.4, 0.5) is 5.82 Å². The van der Waals surface area contributed by atoms with Crippen LogP contribution in [-0.2, 0) is 4.79 Å². The van der Waals surface area contributed by atoms with Crippen LogP contribution in [0.25, 0.3) is 0 Å². The number of anilines is 1. The lowest BCUT2D eigenvalue weighted by Gasteiger charge is -2.15. The fourth-order valence-electron chi connectivity index (χ4n) is 1.90. The topological polar surface area (TPSA) is 45.2 Å². The van der Waals surface area contributed by atoms with E-state index in [1.807, 2.05) is 17.0 Å². The highest BCUT2D eigenvalue weighted by molar-refractivity contribution is 9.10. The molecule has 0 aliphatic carbocycles. The van der Waals surface area contributed by atoms with Gasteiger partial charge in [0.1, 0.15) is 5.82 Å². The third kappa shape index (κ3) is 3.70. The van der Waals surface area contributed by atoms with Gasteiger partial charge in [0.25, 0.3) is 0 Å². The summed E-state index contributed by atoms with van der Waals surface area (Å²) in [6, 6.07) is 3.82. The van der Waals surface area contributed by atoms with E-state index in [1.165, 1.54) is 0 Å². The van der Waals surface area contributed by atoms with Crippen LogP contribution in [0.1, 0.15) is 19.3 Å².